The highest BCUT2D eigenvalue weighted by atomic mass is 16.5. The first kappa shape index (κ1) is 11.8. The average molecular weight is 235 g/mol. The molecule has 1 saturated carbocycles. The molecule has 1 aliphatic carbocycles. The standard InChI is InChI=1S/C13H17NO3/c1-2-16-11-4-3-5-12(8-11)17-9-13(15)14-10-6-7-10/h3-5,8,10H,2,6-7,9H2,1H3,(H,14,15). The second kappa shape index (κ2) is 5.57. The molecule has 0 heterocycles. The summed E-state index contributed by atoms with van der Waals surface area (Å²) in [6.45, 7) is 2.61. The topological polar surface area (TPSA) is 47.6 Å². The molecule has 4 heteroatoms. The van der Waals surface area contributed by atoms with Crippen molar-refractivity contribution in [1.29, 1.82) is 0 Å². The van der Waals surface area contributed by atoms with Gasteiger partial charge in [-0.3, -0.25) is 4.79 Å². The summed E-state index contributed by atoms with van der Waals surface area (Å²) in [6.07, 6.45) is 2.18. The summed E-state index contributed by atoms with van der Waals surface area (Å²) in [4.78, 5) is 11.4. The highest BCUT2D eigenvalue weighted by molar-refractivity contribution is 5.78. The lowest BCUT2D eigenvalue weighted by atomic mass is 10.3. The van der Waals surface area contributed by atoms with E-state index in [1.807, 2.05) is 25.1 Å². The Kier molecular flexibility index (Phi) is 3.85. The van der Waals surface area contributed by atoms with Crippen LogP contribution in [-0.4, -0.2) is 25.2 Å². The van der Waals surface area contributed by atoms with Crippen LogP contribution in [0.5, 0.6) is 11.5 Å². The van der Waals surface area contributed by atoms with Gasteiger partial charge in [-0.25, -0.2) is 0 Å². The zero-order valence-electron chi connectivity index (χ0n) is 9.94. The summed E-state index contributed by atoms with van der Waals surface area (Å²) in [7, 11) is 0. The van der Waals surface area contributed by atoms with Crippen LogP contribution in [0.25, 0.3) is 0 Å². The third kappa shape index (κ3) is 3.98. The monoisotopic (exact) mass is 235 g/mol. The summed E-state index contributed by atoms with van der Waals surface area (Å²) in [5.41, 5.74) is 0. The van der Waals surface area contributed by atoms with E-state index in [1.54, 1.807) is 6.07 Å². The van der Waals surface area contributed by atoms with E-state index in [4.69, 9.17) is 9.47 Å². The second-order valence-electron chi connectivity index (χ2n) is 4.04. The highest BCUT2D eigenvalue weighted by Crippen LogP contribution is 2.20. The van der Waals surface area contributed by atoms with Crippen LogP contribution in [-0.2, 0) is 4.79 Å². The van der Waals surface area contributed by atoms with Crippen LogP contribution in [0.2, 0.25) is 0 Å². The fourth-order valence-corrected chi connectivity index (χ4v) is 1.47. The van der Waals surface area contributed by atoms with E-state index in [0.717, 1.165) is 18.6 Å². The maximum absolute atomic E-state index is 11.4. The van der Waals surface area contributed by atoms with Gasteiger partial charge in [0.05, 0.1) is 6.61 Å². The molecule has 0 unspecified atom stereocenters. The zero-order valence-corrected chi connectivity index (χ0v) is 9.94. The molecule has 1 fully saturated rings. The van der Waals surface area contributed by atoms with Gasteiger partial charge in [0.25, 0.3) is 5.91 Å². The number of carbonyl (C=O) groups is 1. The number of hydrogen-bond acceptors (Lipinski definition) is 3. The highest BCUT2D eigenvalue weighted by Gasteiger charge is 2.23. The molecule has 0 spiro atoms. The molecule has 0 aliphatic heterocycles. The Labute approximate surface area is 101 Å². The minimum Gasteiger partial charge on any atom is -0.494 e. The third-order valence-electron chi connectivity index (χ3n) is 2.43. The second-order valence-corrected chi connectivity index (χ2v) is 4.04. The molecule has 0 atom stereocenters. The molecular formula is C13H17NO3. The quantitative estimate of drug-likeness (QED) is 0.817. The number of hydrogen-bond donors (Lipinski definition) is 1. The first-order chi connectivity index (χ1) is 8.28. The molecule has 1 amide bonds. The Morgan fingerprint density at radius 1 is 1.35 bits per heavy atom. The number of ether oxygens (including phenoxy) is 2. The smallest absolute Gasteiger partial charge is 0.258 e. The van der Waals surface area contributed by atoms with Crippen molar-refractivity contribution in [3.63, 3.8) is 0 Å². The lowest BCUT2D eigenvalue weighted by molar-refractivity contribution is -0.123. The molecule has 1 aromatic rings. The van der Waals surface area contributed by atoms with E-state index in [1.165, 1.54) is 0 Å². The molecule has 0 aromatic heterocycles. The summed E-state index contributed by atoms with van der Waals surface area (Å²) in [5.74, 6) is 1.35. The SMILES string of the molecule is CCOc1cccc(OCC(=O)NC2CC2)c1. The Morgan fingerprint density at radius 3 is 2.71 bits per heavy atom. The fraction of sp³-hybridized carbons (Fsp3) is 0.462. The van der Waals surface area contributed by atoms with Gasteiger partial charge < -0.3 is 14.8 Å². The van der Waals surface area contributed by atoms with Gasteiger partial charge in [0.2, 0.25) is 0 Å². The lowest BCUT2D eigenvalue weighted by Crippen LogP contribution is -2.30. The first-order valence-corrected chi connectivity index (χ1v) is 5.93. The maximum Gasteiger partial charge on any atom is 0.258 e. The van der Waals surface area contributed by atoms with Crippen molar-refractivity contribution >= 4 is 5.91 Å². The van der Waals surface area contributed by atoms with Gasteiger partial charge in [-0.1, -0.05) is 6.07 Å². The van der Waals surface area contributed by atoms with E-state index in [-0.39, 0.29) is 12.5 Å². The van der Waals surface area contributed by atoms with E-state index >= 15 is 0 Å². The van der Waals surface area contributed by atoms with Crippen LogP contribution in [0.15, 0.2) is 24.3 Å². The minimum atomic E-state index is -0.0608. The molecule has 1 aliphatic rings. The van der Waals surface area contributed by atoms with E-state index < -0.39 is 0 Å². The van der Waals surface area contributed by atoms with Crippen LogP contribution in [0.3, 0.4) is 0 Å². The Hall–Kier alpha value is -1.71. The number of carbonyl (C=O) groups excluding carboxylic acids is 1. The number of benzene rings is 1. The van der Waals surface area contributed by atoms with Gasteiger partial charge in [0, 0.05) is 12.1 Å². The van der Waals surface area contributed by atoms with Crippen molar-refractivity contribution in [2.24, 2.45) is 0 Å². The summed E-state index contributed by atoms with van der Waals surface area (Å²) >= 11 is 0. The van der Waals surface area contributed by atoms with Gasteiger partial charge in [0.15, 0.2) is 6.61 Å². The van der Waals surface area contributed by atoms with Crippen molar-refractivity contribution in [3.05, 3.63) is 24.3 Å². The Balaban J connectivity index is 1.80. The van der Waals surface area contributed by atoms with Crippen LogP contribution in [0.4, 0.5) is 0 Å². The van der Waals surface area contributed by atoms with Crippen molar-refractivity contribution in [3.8, 4) is 11.5 Å². The first-order valence-electron chi connectivity index (χ1n) is 5.93. The van der Waals surface area contributed by atoms with Crippen molar-refractivity contribution < 1.29 is 14.3 Å². The van der Waals surface area contributed by atoms with Gasteiger partial charge >= 0.3 is 0 Å². The van der Waals surface area contributed by atoms with Gasteiger partial charge in [-0.15, -0.1) is 0 Å². The van der Waals surface area contributed by atoms with Gasteiger partial charge in [0.1, 0.15) is 11.5 Å². The third-order valence-corrected chi connectivity index (χ3v) is 2.43. The zero-order chi connectivity index (χ0) is 12.1. The molecule has 4 nitrogen and oxygen atoms in total. The molecule has 1 aromatic carbocycles. The molecule has 1 N–H and O–H groups in total. The lowest BCUT2D eigenvalue weighted by Gasteiger charge is -2.08. The summed E-state index contributed by atoms with van der Waals surface area (Å²) in [5, 5.41) is 2.87. The van der Waals surface area contributed by atoms with Crippen LogP contribution in [0, 0.1) is 0 Å². The largest absolute Gasteiger partial charge is 0.494 e. The molecular weight excluding hydrogens is 218 g/mol. The van der Waals surface area contributed by atoms with Crippen molar-refractivity contribution in [1.82, 2.24) is 5.32 Å². The van der Waals surface area contributed by atoms with E-state index in [0.29, 0.717) is 18.4 Å². The Morgan fingerprint density at radius 2 is 2.06 bits per heavy atom. The summed E-state index contributed by atoms with van der Waals surface area (Å²) in [6, 6.07) is 7.68. The van der Waals surface area contributed by atoms with Crippen LogP contribution >= 0.6 is 0 Å². The molecule has 0 saturated heterocycles. The minimum absolute atomic E-state index is 0.0608. The van der Waals surface area contributed by atoms with Crippen LogP contribution in [0.1, 0.15) is 19.8 Å². The Bertz CT molecular complexity index is 388. The average Bonchev–Trinajstić information content (AvgIpc) is 3.11. The maximum atomic E-state index is 11.4. The predicted molar refractivity (Wildman–Crippen MR) is 64.3 cm³/mol. The number of rotatable bonds is 6. The van der Waals surface area contributed by atoms with E-state index in [9.17, 15) is 4.79 Å². The predicted octanol–water partition coefficient (Wildman–Crippen LogP) is 1.74. The van der Waals surface area contributed by atoms with Gasteiger partial charge in [-0.05, 0) is 31.9 Å². The summed E-state index contributed by atoms with van der Waals surface area (Å²) < 4.78 is 10.7. The van der Waals surface area contributed by atoms with Crippen LogP contribution < -0.4 is 14.8 Å². The molecule has 92 valence electrons. The van der Waals surface area contributed by atoms with Gasteiger partial charge in [-0.2, -0.15) is 0 Å². The van der Waals surface area contributed by atoms with Crippen molar-refractivity contribution in [2.45, 2.75) is 25.8 Å². The van der Waals surface area contributed by atoms with E-state index in [2.05, 4.69) is 5.32 Å². The normalized spacial score (nSPS) is 14.2. The number of amides is 1. The fourth-order valence-electron chi connectivity index (χ4n) is 1.47. The molecule has 0 bridgehead atoms. The number of nitrogens with one attached hydrogen (secondary N) is 1. The molecule has 2 rings (SSSR count). The molecule has 17 heavy (non-hydrogen) atoms. The van der Waals surface area contributed by atoms with Crippen molar-refractivity contribution in [2.75, 3.05) is 13.2 Å². The molecule has 0 radical (unpaired) electrons.